The predicted molar refractivity (Wildman–Crippen MR) is 114 cm³/mol. The van der Waals surface area contributed by atoms with Crippen LogP contribution in [0.2, 0.25) is 0 Å². The number of nitrogens with one attached hydrogen (secondary N) is 2. The van der Waals surface area contributed by atoms with Crippen molar-refractivity contribution in [3.63, 3.8) is 0 Å². The van der Waals surface area contributed by atoms with E-state index in [4.69, 9.17) is 9.94 Å². The molecule has 1 heterocycles. The lowest BCUT2D eigenvalue weighted by Crippen LogP contribution is -2.34. The Kier molecular flexibility index (Phi) is 5.87. The molecular formula is C22H26N4O3. The van der Waals surface area contributed by atoms with Crippen LogP contribution in [0.5, 0.6) is 0 Å². The van der Waals surface area contributed by atoms with Crippen LogP contribution in [0.25, 0.3) is 22.0 Å². The molecule has 0 radical (unpaired) electrons. The Morgan fingerprint density at radius 2 is 1.93 bits per heavy atom. The van der Waals surface area contributed by atoms with Crippen molar-refractivity contribution in [1.82, 2.24) is 15.5 Å². The number of aromatic amines is 1. The van der Waals surface area contributed by atoms with E-state index in [-0.39, 0.29) is 5.92 Å². The number of oxime groups is 1. The number of amides is 1. The first-order chi connectivity index (χ1) is 13.8. The molecule has 0 aliphatic rings. The standard InChI is InChI=1S/C22H26N4O3/c1-14(12-23-21(27)29-22(2,3)4)15-5-7-16(8-6-15)17-9-10-19-18(11-17)20(13-24-28)26-25-19/h5-11,13-14,28H,12H2,1-4H3,(H,23,27)(H,25,26). The van der Waals surface area contributed by atoms with E-state index < -0.39 is 11.7 Å². The highest BCUT2D eigenvalue weighted by molar-refractivity contribution is 5.98. The van der Waals surface area contributed by atoms with Gasteiger partial charge in [-0.1, -0.05) is 42.4 Å². The monoisotopic (exact) mass is 394 g/mol. The SMILES string of the molecule is CC(CNC(=O)OC(C)(C)C)c1ccc(-c2ccc3[nH]nc(C=NO)c3c2)cc1. The fourth-order valence-corrected chi connectivity index (χ4v) is 3.04. The molecule has 1 amide bonds. The topological polar surface area (TPSA) is 99.6 Å². The number of fused-ring (bicyclic) bond motifs is 1. The van der Waals surface area contributed by atoms with Gasteiger partial charge in [0.25, 0.3) is 0 Å². The molecule has 0 fully saturated rings. The van der Waals surface area contributed by atoms with Crippen molar-refractivity contribution in [2.24, 2.45) is 5.16 Å². The number of ether oxygens (including phenoxy) is 1. The van der Waals surface area contributed by atoms with Crippen molar-refractivity contribution in [2.75, 3.05) is 6.54 Å². The van der Waals surface area contributed by atoms with Gasteiger partial charge < -0.3 is 15.3 Å². The highest BCUT2D eigenvalue weighted by Crippen LogP contribution is 2.26. The van der Waals surface area contributed by atoms with Gasteiger partial charge in [0.1, 0.15) is 11.3 Å². The minimum Gasteiger partial charge on any atom is -0.444 e. The zero-order valence-electron chi connectivity index (χ0n) is 17.1. The number of nitrogens with zero attached hydrogens (tertiary/aromatic N) is 2. The van der Waals surface area contributed by atoms with Gasteiger partial charge in [0, 0.05) is 11.9 Å². The summed E-state index contributed by atoms with van der Waals surface area (Å²) in [5.74, 6) is 0.153. The van der Waals surface area contributed by atoms with Gasteiger partial charge in [0.2, 0.25) is 0 Å². The summed E-state index contributed by atoms with van der Waals surface area (Å²) in [6, 6.07) is 14.2. The molecule has 0 aliphatic carbocycles. The Bertz CT molecular complexity index is 1020. The van der Waals surface area contributed by atoms with Gasteiger partial charge in [-0.2, -0.15) is 5.10 Å². The molecule has 3 rings (SSSR count). The summed E-state index contributed by atoms with van der Waals surface area (Å²) in [5, 5.41) is 22.6. The average Bonchev–Trinajstić information content (AvgIpc) is 3.07. The fourth-order valence-electron chi connectivity index (χ4n) is 3.04. The number of carbonyl (C=O) groups is 1. The first-order valence-corrected chi connectivity index (χ1v) is 9.49. The van der Waals surface area contributed by atoms with Crippen LogP contribution in [-0.2, 0) is 4.74 Å². The predicted octanol–water partition coefficient (Wildman–Crippen LogP) is 4.67. The molecule has 0 spiro atoms. The third kappa shape index (κ3) is 5.13. The second-order valence-electron chi connectivity index (χ2n) is 8.02. The van der Waals surface area contributed by atoms with Crippen molar-refractivity contribution in [3.05, 3.63) is 53.7 Å². The van der Waals surface area contributed by atoms with Crippen LogP contribution in [0.15, 0.2) is 47.6 Å². The number of rotatable bonds is 5. The molecule has 2 aromatic carbocycles. The zero-order chi connectivity index (χ0) is 21.0. The molecule has 29 heavy (non-hydrogen) atoms. The third-order valence-electron chi connectivity index (χ3n) is 4.54. The Hall–Kier alpha value is -3.35. The van der Waals surface area contributed by atoms with Crippen molar-refractivity contribution in [1.29, 1.82) is 0 Å². The first-order valence-electron chi connectivity index (χ1n) is 9.49. The van der Waals surface area contributed by atoms with E-state index in [2.05, 4.69) is 51.9 Å². The molecule has 152 valence electrons. The van der Waals surface area contributed by atoms with Crippen LogP contribution in [0, 0.1) is 0 Å². The largest absolute Gasteiger partial charge is 0.444 e. The lowest BCUT2D eigenvalue weighted by atomic mass is 9.97. The quantitative estimate of drug-likeness (QED) is 0.333. The van der Waals surface area contributed by atoms with Crippen molar-refractivity contribution < 1.29 is 14.7 Å². The highest BCUT2D eigenvalue weighted by atomic mass is 16.6. The first kappa shape index (κ1) is 20.4. The van der Waals surface area contributed by atoms with Gasteiger partial charge in [0.05, 0.1) is 11.7 Å². The summed E-state index contributed by atoms with van der Waals surface area (Å²) in [6.07, 6.45) is 0.905. The van der Waals surface area contributed by atoms with Crippen LogP contribution >= 0.6 is 0 Å². The molecule has 3 aromatic rings. The number of carbonyl (C=O) groups excluding carboxylic acids is 1. The van der Waals surface area contributed by atoms with Gasteiger partial charge in [-0.3, -0.25) is 5.10 Å². The zero-order valence-corrected chi connectivity index (χ0v) is 17.1. The molecule has 7 nitrogen and oxygen atoms in total. The second-order valence-corrected chi connectivity index (χ2v) is 8.02. The molecule has 3 N–H and O–H groups in total. The summed E-state index contributed by atoms with van der Waals surface area (Å²) >= 11 is 0. The van der Waals surface area contributed by atoms with Gasteiger partial charge in [-0.05, 0) is 55.5 Å². The lowest BCUT2D eigenvalue weighted by Gasteiger charge is -2.21. The normalized spacial score (nSPS) is 13.0. The van der Waals surface area contributed by atoms with Gasteiger partial charge in [0.15, 0.2) is 0 Å². The van der Waals surface area contributed by atoms with Crippen LogP contribution in [0.3, 0.4) is 0 Å². The van der Waals surface area contributed by atoms with E-state index in [1.54, 1.807) is 0 Å². The van der Waals surface area contributed by atoms with E-state index in [0.717, 1.165) is 27.6 Å². The van der Waals surface area contributed by atoms with Crippen LogP contribution < -0.4 is 5.32 Å². The van der Waals surface area contributed by atoms with E-state index in [0.29, 0.717) is 12.2 Å². The third-order valence-corrected chi connectivity index (χ3v) is 4.54. The number of alkyl carbamates (subject to hydrolysis) is 1. The number of hydrogen-bond acceptors (Lipinski definition) is 5. The summed E-state index contributed by atoms with van der Waals surface area (Å²) in [6.45, 7) is 8.09. The molecule has 1 unspecified atom stereocenters. The molecule has 0 bridgehead atoms. The van der Waals surface area contributed by atoms with E-state index in [9.17, 15) is 4.79 Å². The maximum absolute atomic E-state index is 11.8. The van der Waals surface area contributed by atoms with Crippen molar-refractivity contribution in [3.8, 4) is 11.1 Å². The smallest absolute Gasteiger partial charge is 0.407 e. The number of benzene rings is 2. The molecule has 1 aromatic heterocycles. The second kappa shape index (κ2) is 8.34. The lowest BCUT2D eigenvalue weighted by molar-refractivity contribution is 0.0525. The Morgan fingerprint density at radius 1 is 1.24 bits per heavy atom. The summed E-state index contributed by atoms with van der Waals surface area (Å²) < 4.78 is 5.27. The van der Waals surface area contributed by atoms with E-state index in [1.807, 2.05) is 39.0 Å². The van der Waals surface area contributed by atoms with Crippen LogP contribution in [0.4, 0.5) is 4.79 Å². The van der Waals surface area contributed by atoms with E-state index >= 15 is 0 Å². The molecule has 0 saturated carbocycles. The highest BCUT2D eigenvalue weighted by Gasteiger charge is 2.17. The number of aromatic nitrogens is 2. The Labute approximate surface area is 169 Å². The number of H-pyrrole nitrogens is 1. The van der Waals surface area contributed by atoms with E-state index in [1.165, 1.54) is 6.21 Å². The molecule has 0 saturated heterocycles. The Balaban J connectivity index is 1.70. The maximum atomic E-state index is 11.8. The molecule has 0 aliphatic heterocycles. The minimum atomic E-state index is -0.506. The summed E-state index contributed by atoms with van der Waals surface area (Å²) in [7, 11) is 0. The summed E-state index contributed by atoms with van der Waals surface area (Å²) in [5.41, 5.74) is 4.19. The molecular weight excluding hydrogens is 368 g/mol. The van der Waals surface area contributed by atoms with Crippen molar-refractivity contribution >= 4 is 23.2 Å². The maximum Gasteiger partial charge on any atom is 0.407 e. The molecule has 7 heteroatoms. The van der Waals surface area contributed by atoms with Gasteiger partial charge in [-0.15, -0.1) is 0 Å². The average molecular weight is 394 g/mol. The Morgan fingerprint density at radius 3 is 2.59 bits per heavy atom. The summed E-state index contributed by atoms with van der Waals surface area (Å²) in [4.78, 5) is 11.8. The fraction of sp³-hybridized carbons (Fsp3) is 0.318. The van der Waals surface area contributed by atoms with Crippen LogP contribution in [-0.4, -0.2) is 39.9 Å². The molecule has 1 atom stereocenters. The van der Waals surface area contributed by atoms with Crippen LogP contribution in [0.1, 0.15) is 44.9 Å². The van der Waals surface area contributed by atoms with Gasteiger partial charge in [-0.25, -0.2) is 4.79 Å². The minimum absolute atomic E-state index is 0.153. The number of hydrogen-bond donors (Lipinski definition) is 3. The van der Waals surface area contributed by atoms with Crippen molar-refractivity contribution in [2.45, 2.75) is 39.2 Å². The van der Waals surface area contributed by atoms with Gasteiger partial charge >= 0.3 is 6.09 Å².